The third-order valence-electron chi connectivity index (χ3n) is 5.09. The van der Waals surface area contributed by atoms with E-state index in [9.17, 15) is 9.59 Å². The largest absolute Gasteiger partial charge is 0.493 e. The molecule has 0 bridgehead atoms. The zero-order valence-electron chi connectivity index (χ0n) is 18.5. The van der Waals surface area contributed by atoms with Crippen molar-refractivity contribution in [3.63, 3.8) is 0 Å². The first-order valence-corrected chi connectivity index (χ1v) is 11.4. The van der Waals surface area contributed by atoms with E-state index in [1.807, 2.05) is 39.0 Å². The smallest absolute Gasteiger partial charge is 0.258 e. The lowest BCUT2D eigenvalue weighted by atomic mass is 9.95. The van der Waals surface area contributed by atoms with Crippen LogP contribution in [-0.4, -0.2) is 38.1 Å². The molecule has 3 rings (SSSR count). The molecule has 2 amide bonds. The molecule has 1 aliphatic rings. The summed E-state index contributed by atoms with van der Waals surface area (Å²) in [6.07, 6.45) is 2.42. The zero-order valence-corrected chi connectivity index (χ0v) is 20.0. The second-order valence-electron chi connectivity index (χ2n) is 7.83. The van der Waals surface area contributed by atoms with Crippen LogP contribution in [0.1, 0.15) is 59.9 Å². The third-order valence-corrected chi connectivity index (χ3v) is 5.68. The van der Waals surface area contributed by atoms with E-state index in [2.05, 4.69) is 21.2 Å². The highest BCUT2D eigenvalue weighted by Crippen LogP contribution is 2.38. The first-order valence-electron chi connectivity index (χ1n) is 10.6. The highest BCUT2D eigenvalue weighted by molar-refractivity contribution is 9.10. The number of carbonyl (C=O) groups is 2. The molecule has 1 N–H and O–H groups in total. The number of nitrogens with zero attached hydrogens (tertiary/aromatic N) is 1. The van der Waals surface area contributed by atoms with Gasteiger partial charge in [0, 0.05) is 29.4 Å². The summed E-state index contributed by atoms with van der Waals surface area (Å²) in [5.41, 5.74) is 2.83. The van der Waals surface area contributed by atoms with Gasteiger partial charge in [0.1, 0.15) is 0 Å². The number of anilines is 1. The fourth-order valence-corrected chi connectivity index (χ4v) is 4.29. The summed E-state index contributed by atoms with van der Waals surface area (Å²) in [6, 6.07) is 9.08. The van der Waals surface area contributed by atoms with Gasteiger partial charge >= 0.3 is 0 Å². The van der Waals surface area contributed by atoms with Crippen LogP contribution in [0.4, 0.5) is 5.69 Å². The minimum atomic E-state index is -0.136. The molecule has 0 saturated heterocycles. The van der Waals surface area contributed by atoms with Gasteiger partial charge in [-0.3, -0.25) is 9.59 Å². The zero-order chi connectivity index (χ0) is 22.5. The average molecular weight is 489 g/mol. The molecule has 31 heavy (non-hydrogen) atoms. The number of methoxy groups -OCH3 is 1. The van der Waals surface area contributed by atoms with Crippen molar-refractivity contribution in [1.29, 1.82) is 0 Å². The SMILES string of the molecule is CCCOc1c(Br)cc(C(=O)N2CCCc3c(C(=O)NC(C)C)cccc32)cc1OC. The Morgan fingerprint density at radius 1 is 1.26 bits per heavy atom. The summed E-state index contributed by atoms with van der Waals surface area (Å²) in [5, 5.41) is 2.95. The molecule has 0 aliphatic carbocycles. The van der Waals surface area contributed by atoms with Crippen LogP contribution in [0.15, 0.2) is 34.8 Å². The number of benzene rings is 2. The first-order chi connectivity index (χ1) is 14.9. The fraction of sp³-hybridized carbons (Fsp3) is 0.417. The lowest BCUT2D eigenvalue weighted by molar-refractivity contribution is 0.0938. The monoisotopic (exact) mass is 488 g/mol. The van der Waals surface area contributed by atoms with Gasteiger partial charge in [-0.05, 0) is 78.9 Å². The number of amides is 2. The Morgan fingerprint density at radius 2 is 2.03 bits per heavy atom. The first kappa shape index (κ1) is 23.1. The van der Waals surface area contributed by atoms with Gasteiger partial charge in [-0.1, -0.05) is 13.0 Å². The van der Waals surface area contributed by atoms with Gasteiger partial charge in [0.15, 0.2) is 11.5 Å². The molecule has 7 heteroatoms. The molecule has 0 saturated carbocycles. The quantitative estimate of drug-likeness (QED) is 0.596. The topological polar surface area (TPSA) is 67.9 Å². The van der Waals surface area contributed by atoms with Gasteiger partial charge in [0.25, 0.3) is 11.8 Å². The fourth-order valence-electron chi connectivity index (χ4n) is 3.73. The van der Waals surface area contributed by atoms with Crippen LogP contribution in [0.25, 0.3) is 0 Å². The van der Waals surface area contributed by atoms with Crippen LogP contribution in [0.2, 0.25) is 0 Å². The van der Waals surface area contributed by atoms with E-state index < -0.39 is 0 Å². The summed E-state index contributed by atoms with van der Waals surface area (Å²) in [6.45, 7) is 7.05. The van der Waals surface area contributed by atoms with Gasteiger partial charge in [-0.15, -0.1) is 0 Å². The summed E-state index contributed by atoms with van der Waals surface area (Å²) in [7, 11) is 1.56. The average Bonchev–Trinajstić information content (AvgIpc) is 2.75. The van der Waals surface area contributed by atoms with E-state index >= 15 is 0 Å². The van der Waals surface area contributed by atoms with Crippen molar-refractivity contribution in [2.45, 2.75) is 46.1 Å². The Balaban J connectivity index is 1.96. The van der Waals surface area contributed by atoms with Gasteiger partial charge in [-0.25, -0.2) is 0 Å². The van der Waals surface area contributed by atoms with Gasteiger partial charge in [0.2, 0.25) is 0 Å². The molecular formula is C24H29BrN2O4. The normalized spacial score (nSPS) is 13.0. The Kier molecular flexibility index (Phi) is 7.59. The number of ether oxygens (including phenoxy) is 2. The molecular weight excluding hydrogens is 460 g/mol. The minimum Gasteiger partial charge on any atom is -0.493 e. The number of halogens is 1. The van der Waals surface area contributed by atoms with Crippen LogP contribution < -0.4 is 19.7 Å². The highest BCUT2D eigenvalue weighted by atomic mass is 79.9. The van der Waals surface area contributed by atoms with Crippen molar-refractivity contribution >= 4 is 33.4 Å². The molecule has 0 unspecified atom stereocenters. The Bertz CT molecular complexity index is 974. The number of fused-ring (bicyclic) bond motifs is 1. The van der Waals surface area contributed by atoms with E-state index in [4.69, 9.17) is 9.47 Å². The highest BCUT2D eigenvalue weighted by Gasteiger charge is 2.28. The van der Waals surface area contributed by atoms with Gasteiger partial charge in [-0.2, -0.15) is 0 Å². The lowest BCUT2D eigenvalue weighted by Crippen LogP contribution is -2.37. The molecule has 1 heterocycles. The third kappa shape index (κ3) is 5.03. The van der Waals surface area contributed by atoms with Crippen molar-refractivity contribution in [2.75, 3.05) is 25.2 Å². The minimum absolute atomic E-state index is 0.0444. The summed E-state index contributed by atoms with van der Waals surface area (Å²) < 4.78 is 11.9. The molecule has 0 aromatic heterocycles. The number of rotatable bonds is 7. The number of nitrogens with one attached hydrogen (secondary N) is 1. The van der Waals surface area contributed by atoms with Gasteiger partial charge in [0.05, 0.1) is 18.2 Å². The van der Waals surface area contributed by atoms with Crippen LogP contribution >= 0.6 is 15.9 Å². The molecule has 0 fully saturated rings. The lowest BCUT2D eigenvalue weighted by Gasteiger charge is -2.31. The van der Waals surface area contributed by atoms with Crippen LogP contribution in [0, 0.1) is 0 Å². The molecule has 2 aromatic rings. The molecule has 1 aliphatic heterocycles. The maximum Gasteiger partial charge on any atom is 0.258 e. The molecule has 0 atom stereocenters. The molecule has 6 nitrogen and oxygen atoms in total. The van der Waals surface area contributed by atoms with E-state index in [0.29, 0.717) is 40.3 Å². The van der Waals surface area contributed by atoms with E-state index in [0.717, 1.165) is 30.5 Å². The standard InChI is InChI=1S/C24H29BrN2O4/c1-5-12-31-22-19(25)13-16(14-21(22)30-4)24(29)27-11-7-9-17-18(8-6-10-20(17)27)23(28)26-15(2)3/h6,8,10,13-15H,5,7,9,11-12H2,1-4H3,(H,26,28). The molecule has 2 aromatic carbocycles. The predicted molar refractivity (Wildman–Crippen MR) is 126 cm³/mol. The Hall–Kier alpha value is -2.54. The predicted octanol–water partition coefficient (Wildman–Crippen LogP) is 4.98. The van der Waals surface area contributed by atoms with Crippen molar-refractivity contribution in [3.8, 4) is 11.5 Å². The van der Waals surface area contributed by atoms with Crippen molar-refractivity contribution in [2.24, 2.45) is 0 Å². The van der Waals surface area contributed by atoms with Crippen molar-refractivity contribution in [3.05, 3.63) is 51.5 Å². The second-order valence-corrected chi connectivity index (χ2v) is 8.68. The van der Waals surface area contributed by atoms with Crippen LogP contribution in [-0.2, 0) is 6.42 Å². The van der Waals surface area contributed by atoms with Crippen LogP contribution in [0.5, 0.6) is 11.5 Å². The number of hydrogen-bond donors (Lipinski definition) is 1. The number of carbonyl (C=O) groups excluding carboxylic acids is 2. The molecule has 0 spiro atoms. The number of hydrogen-bond acceptors (Lipinski definition) is 4. The van der Waals surface area contributed by atoms with E-state index in [-0.39, 0.29) is 17.9 Å². The van der Waals surface area contributed by atoms with Gasteiger partial charge < -0.3 is 19.7 Å². The van der Waals surface area contributed by atoms with E-state index in [1.54, 1.807) is 24.1 Å². The van der Waals surface area contributed by atoms with E-state index in [1.165, 1.54) is 0 Å². The summed E-state index contributed by atoms with van der Waals surface area (Å²) in [5.74, 6) is 0.854. The molecule has 166 valence electrons. The summed E-state index contributed by atoms with van der Waals surface area (Å²) in [4.78, 5) is 27.9. The maximum absolute atomic E-state index is 13.5. The summed E-state index contributed by atoms with van der Waals surface area (Å²) >= 11 is 3.52. The Morgan fingerprint density at radius 3 is 2.71 bits per heavy atom. The second kappa shape index (κ2) is 10.2. The molecule has 0 radical (unpaired) electrons. The van der Waals surface area contributed by atoms with Crippen LogP contribution in [0.3, 0.4) is 0 Å². The maximum atomic E-state index is 13.5. The van der Waals surface area contributed by atoms with Crippen molar-refractivity contribution in [1.82, 2.24) is 5.32 Å². The van der Waals surface area contributed by atoms with Crippen molar-refractivity contribution < 1.29 is 19.1 Å². The Labute approximate surface area is 192 Å².